The number of hydrogen-bond acceptors (Lipinski definition) is 3. The Morgan fingerprint density at radius 1 is 1.31 bits per heavy atom. The topological polar surface area (TPSA) is 24.5 Å². The number of rotatable bonds is 4. The molecule has 0 spiro atoms. The van der Waals surface area contributed by atoms with Gasteiger partial charge >= 0.3 is 0 Å². The first-order valence-corrected chi connectivity index (χ1v) is 6.76. The van der Waals surface area contributed by atoms with E-state index in [1.165, 1.54) is 32.1 Å². The molecule has 94 valence electrons. The van der Waals surface area contributed by atoms with Gasteiger partial charge in [0, 0.05) is 19.1 Å². The quantitative estimate of drug-likeness (QED) is 0.786. The summed E-state index contributed by atoms with van der Waals surface area (Å²) in [6.45, 7) is 2.94. The van der Waals surface area contributed by atoms with Gasteiger partial charge in [0.2, 0.25) is 0 Å². The maximum Gasteiger partial charge on any atom is 0.0715 e. The highest BCUT2D eigenvalue weighted by Gasteiger charge is 2.29. The summed E-state index contributed by atoms with van der Waals surface area (Å²) >= 11 is 0. The first-order chi connectivity index (χ1) is 7.77. The molecular formula is C13H26N2O. The SMILES string of the molecule is CN(C)C(CC1CNCCO1)C1CCCC1. The Bertz CT molecular complexity index is 196. The van der Waals surface area contributed by atoms with Crippen LogP contribution in [0.5, 0.6) is 0 Å². The molecule has 2 unspecified atom stereocenters. The molecule has 2 rings (SSSR count). The van der Waals surface area contributed by atoms with Crippen LogP contribution in [0, 0.1) is 5.92 Å². The third kappa shape index (κ3) is 3.19. The van der Waals surface area contributed by atoms with E-state index < -0.39 is 0 Å². The maximum atomic E-state index is 5.83. The highest BCUT2D eigenvalue weighted by molar-refractivity contribution is 4.84. The van der Waals surface area contributed by atoms with E-state index in [4.69, 9.17) is 4.74 Å². The second-order valence-corrected chi connectivity index (χ2v) is 5.51. The molecule has 1 aliphatic carbocycles. The molecule has 2 aliphatic rings. The van der Waals surface area contributed by atoms with E-state index in [-0.39, 0.29) is 0 Å². The second kappa shape index (κ2) is 5.99. The van der Waals surface area contributed by atoms with Crippen LogP contribution in [0.15, 0.2) is 0 Å². The van der Waals surface area contributed by atoms with Crippen LogP contribution < -0.4 is 5.32 Å². The van der Waals surface area contributed by atoms with Crippen molar-refractivity contribution in [3.8, 4) is 0 Å². The summed E-state index contributed by atoms with van der Waals surface area (Å²) in [5.41, 5.74) is 0. The van der Waals surface area contributed by atoms with Crippen LogP contribution in [0.3, 0.4) is 0 Å². The van der Waals surface area contributed by atoms with Crippen LogP contribution in [-0.4, -0.2) is 50.8 Å². The maximum absolute atomic E-state index is 5.83. The molecule has 2 atom stereocenters. The van der Waals surface area contributed by atoms with Gasteiger partial charge < -0.3 is 15.0 Å². The Hall–Kier alpha value is -0.120. The van der Waals surface area contributed by atoms with E-state index in [1.807, 2.05) is 0 Å². The summed E-state index contributed by atoms with van der Waals surface area (Å²) in [5, 5.41) is 3.43. The number of hydrogen-bond donors (Lipinski definition) is 1. The lowest BCUT2D eigenvalue weighted by molar-refractivity contribution is 0.00197. The third-order valence-electron chi connectivity index (χ3n) is 4.12. The number of morpholine rings is 1. The lowest BCUT2D eigenvalue weighted by Crippen LogP contribution is -2.44. The van der Waals surface area contributed by atoms with Crippen molar-refractivity contribution in [2.24, 2.45) is 5.92 Å². The van der Waals surface area contributed by atoms with Crippen molar-refractivity contribution < 1.29 is 4.74 Å². The summed E-state index contributed by atoms with van der Waals surface area (Å²) in [5.74, 6) is 0.903. The van der Waals surface area contributed by atoms with Gasteiger partial charge in [0.15, 0.2) is 0 Å². The Kier molecular flexibility index (Phi) is 4.62. The molecule has 0 amide bonds. The summed E-state index contributed by atoms with van der Waals surface area (Å²) < 4.78 is 5.83. The van der Waals surface area contributed by atoms with Gasteiger partial charge in [0.05, 0.1) is 12.7 Å². The van der Waals surface area contributed by atoms with E-state index in [2.05, 4.69) is 24.3 Å². The van der Waals surface area contributed by atoms with Crippen molar-refractivity contribution in [1.29, 1.82) is 0 Å². The highest BCUT2D eigenvalue weighted by atomic mass is 16.5. The van der Waals surface area contributed by atoms with Crippen molar-refractivity contribution in [3.63, 3.8) is 0 Å². The normalized spacial score (nSPS) is 29.8. The smallest absolute Gasteiger partial charge is 0.0715 e. The van der Waals surface area contributed by atoms with Crippen LogP contribution >= 0.6 is 0 Å². The van der Waals surface area contributed by atoms with Crippen LogP contribution in [0.25, 0.3) is 0 Å². The Balaban J connectivity index is 1.85. The van der Waals surface area contributed by atoms with Crippen LogP contribution in [0.4, 0.5) is 0 Å². The molecule has 0 bridgehead atoms. The minimum Gasteiger partial charge on any atom is -0.376 e. The molecule has 3 nitrogen and oxygen atoms in total. The van der Waals surface area contributed by atoms with Crippen molar-refractivity contribution in [2.75, 3.05) is 33.8 Å². The third-order valence-corrected chi connectivity index (χ3v) is 4.12. The van der Waals surface area contributed by atoms with Crippen LogP contribution in [-0.2, 0) is 4.74 Å². The van der Waals surface area contributed by atoms with E-state index in [0.29, 0.717) is 12.1 Å². The largest absolute Gasteiger partial charge is 0.376 e. The molecule has 1 saturated carbocycles. The minimum atomic E-state index is 0.432. The molecule has 1 saturated heterocycles. The van der Waals surface area contributed by atoms with Gasteiger partial charge in [0.25, 0.3) is 0 Å². The average molecular weight is 226 g/mol. The summed E-state index contributed by atoms with van der Waals surface area (Å²) in [4.78, 5) is 2.41. The van der Waals surface area contributed by atoms with Crippen molar-refractivity contribution in [2.45, 2.75) is 44.2 Å². The standard InChI is InChI=1S/C13H26N2O/c1-15(2)13(11-5-3-4-6-11)9-12-10-14-7-8-16-12/h11-14H,3-10H2,1-2H3. The molecule has 1 aliphatic heterocycles. The molecule has 3 heteroatoms. The van der Waals surface area contributed by atoms with Crippen LogP contribution in [0.2, 0.25) is 0 Å². The van der Waals surface area contributed by atoms with Crippen LogP contribution in [0.1, 0.15) is 32.1 Å². The molecule has 0 aromatic carbocycles. The Morgan fingerprint density at radius 2 is 2.06 bits per heavy atom. The molecular weight excluding hydrogens is 200 g/mol. The summed E-state index contributed by atoms with van der Waals surface area (Å²) in [6, 6.07) is 0.715. The van der Waals surface area contributed by atoms with Gasteiger partial charge in [-0.3, -0.25) is 0 Å². The van der Waals surface area contributed by atoms with Gasteiger partial charge in [-0.25, -0.2) is 0 Å². The fourth-order valence-electron chi connectivity index (χ4n) is 3.21. The molecule has 1 heterocycles. The first kappa shape index (κ1) is 12.3. The Morgan fingerprint density at radius 3 is 2.62 bits per heavy atom. The predicted octanol–water partition coefficient (Wildman–Crippen LogP) is 1.49. The van der Waals surface area contributed by atoms with Crippen molar-refractivity contribution >= 4 is 0 Å². The van der Waals surface area contributed by atoms with Crippen molar-refractivity contribution in [3.05, 3.63) is 0 Å². The van der Waals surface area contributed by atoms with Gasteiger partial charge in [-0.1, -0.05) is 12.8 Å². The Labute approximate surface area is 99.5 Å². The molecule has 2 fully saturated rings. The van der Waals surface area contributed by atoms with Gasteiger partial charge in [-0.2, -0.15) is 0 Å². The minimum absolute atomic E-state index is 0.432. The zero-order chi connectivity index (χ0) is 11.4. The molecule has 0 radical (unpaired) electrons. The highest BCUT2D eigenvalue weighted by Crippen LogP contribution is 2.32. The predicted molar refractivity (Wildman–Crippen MR) is 66.7 cm³/mol. The van der Waals surface area contributed by atoms with E-state index >= 15 is 0 Å². The van der Waals surface area contributed by atoms with Gasteiger partial charge in [0.1, 0.15) is 0 Å². The number of ether oxygens (including phenoxy) is 1. The average Bonchev–Trinajstić information content (AvgIpc) is 2.80. The fourth-order valence-corrected chi connectivity index (χ4v) is 3.21. The number of nitrogens with zero attached hydrogens (tertiary/aromatic N) is 1. The lowest BCUT2D eigenvalue weighted by atomic mass is 9.92. The molecule has 0 aromatic heterocycles. The summed E-state index contributed by atoms with van der Waals surface area (Å²) in [7, 11) is 4.44. The zero-order valence-corrected chi connectivity index (χ0v) is 10.7. The monoisotopic (exact) mass is 226 g/mol. The second-order valence-electron chi connectivity index (χ2n) is 5.51. The molecule has 0 aromatic rings. The molecule has 16 heavy (non-hydrogen) atoms. The lowest BCUT2D eigenvalue weighted by Gasteiger charge is -2.34. The zero-order valence-electron chi connectivity index (χ0n) is 10.7. The first-order valence-electron chi connectivity index (χ1n) is 6.76. The van der Waals surface area contributed by atoms with E-state index in [0.717, 1.165) is 25.6 Å². The summed E-state index contributed by atoms with van der Waals surface area (Å²) in [6.07, 6.45) is 7.33. The number of nitrogens with one attached hydrogen (secondary N) is 1. The van der Waals surface area contributed by atoms with E-state index in [1.54, 1.807) is 0 Å². The van der Waals surface area contributed by atoms with Gasteiger partial charge in [-0.05, 0) is 39.3 Å². The van der Waals surface area contributed by atoms with E-state index in [9.17, 15) is 0 Å². The fraction of sp³-hybridized carbons (Fsp3) is 1.00. The molecule has 1 N–H and O–H groups in total. The van der Waals surface area contributed by atoms with Gasteiger partial charge in [-0.15, -0.1) is 0 Å². The van der Waals surface area contributed by atoms with Crippen molar-refractivity contribution in [1.82, 2.24) is 10.2 Å².